The summed E-state index contributed by atoms with van der Waals surface area (Å²) in [6, 6.07) is 11.4. The van der Waals surface area contributed by atoms with Gasteiger partial charge in [0.15, 0.2) is 0 Å². The SMILES string of the molecule is Cn1nc(-c2ccccn2)cc1CNC(=O)NCc1cccs1. The number of thiophene rings is 1. The van der Waals surface area contributed by atoms with Crippen LogP contribution in [0.15, 0.2) is 48.0 Å². The maximum absolute atomic E-state index is 11.8. The van der Waals surface area contributed by atoms with Crippen molar-refractivity contribution in [3.63, 3.8) is 0 Å². The number of aromatic nitrogens is 3. The number of hydrogen-bond acceptors (Lipinski definition) is 4. The van der Waals surface area contributed by atoms with Crippen LogP contribution in [0.3, 0.4) is 0 Å². The predicted molar refractivity (Wildman–Crippen MR) is 89.8 cm³/mol. The van der Waals surface area contributed by atoms with Gasteiger partial charge in [-0.2, -0.15) is 5.10 Å². The van der Waals surface area contributed by atoms with Gasteiger partial charge in [-0.05, 0) is 29.6 Å². The number of carbonyl (C=O) groups is 1. The lowest BCUT2D eigenvalue weighted by Gasteiger charge is -2.06. The van der Waals surface area contributed by atoms with E-state index < -0.39 is 0 Å². The number of aryl methyl sites for hydroxylation is 1. The zero-order valence-corrected chi connectivity index (χ0v) is 13.5. The number of nitrogens with zero attached hydrogens (tertiary/aromatic N) is 3. The van der Waals surface area contributed by atoms with Crippen LogP contribution >= 0.6 is 11.3 Å². The van der Waals surface area contributed by atoms with E-state index in [-0.39, 0.29) is 6.03 Å². The second-order valence-corrected chi connectivity index (χ2v) is 6.01. The lowest BCUT2D eigenvalue weighted by atomic mass is 10.2. The molecule has 0 radical (unpaired) electrons. The first-order chi connectivity index (χ1) is 11.2. The Morgan fingerprint density at radius 2 is 2.04 bits per heavy atom. The maximum Gasteiger partial charge on any atom is 0.315 e. The van der Waals surface area contributed by atoms with Gasteiger partial charge in [-0.25, -0.2) is 4.79 Å². The molecule has 2 N–H and O–H groups in total. The van der Waals surface area contributed by atoms with E-state index in [2.05, 4.69) is 20.7 Å². The summed E-state index contributed by atoms with van der Waals surface area (Å²) in [5, 5.41) is 12.1. The van der Waals surface area contributed by atoms with E-state index in [0.717, 1.165) is 22.0 Å². The van der Waals surface area contributed by atoms with Gasteiger partial charge >= 0.3 is 6.03 Å². The second kappa shape index (κ2) is 7.06. The Balaban J connectivity index is 1.56. The fourth-order valence-electron chi connectivity index (χ4n) is 2.12. The molecule has 7 heteroatoms. The molecule has 0 aromatic carbocycles. The van der Waals surface area contributed by atoms with Crippen LogP contribution in [0.5, 0.6) is 0 Å². The van der Waals surface area contributed by atoms with Crippen LogP contribution in [0, 0.1) is 0 Å². The fourth-order valence-corrected chi connectivity index (χ4v) is 2.77. The van der Waals surface area contributed by atoms with Crippen molar-refractivity contribution < 1.29 is 4.79 Å². The van der Waals surface area contributed by atoms with Crippen molar-refractivity contribution in [3.05, 3.63) is 58.5 Å². The summed E-state index contributed by atoms with van der Waals surface area (Å²) in [6.07, 6.45) is 1.74. The number of carbonyl (C=O) groups excluding carboxylic acids is 1. The summed E-state index contributed by atoms with van der Waals surface area (Å²) in [5.74, 6) is 0. The van der Waals surface area contributed by atoms with E-state index in [1.807, 2.05) is 48.8 Å². The quantitative estimate of drug-likeness (QED) is 0.756. The molecule has 0 aliphatic carbocycles. The summed E-state index contributed by atoms with van der Waals surface area (Å²) in [7, 11) is 1.85. The molecule has 0 atom stereocenters. The van der Waals surface area contributed by atoms with Gasteiger partial charge in [-0.15, -0.1) is 11.3 Å². The third-order valence-corrected chi connectivity index (χ3v) is 4.21. The Kier molecular flexibility index (Phi) is 4.68. The molecule has 118 valence electrons. The largest absolute Gasteiger partial charge is 0.333 e. The standard InChI is InChI=1S/C16H17N5OS/c1-21-12(9-15(20-21)14-6-2-3-7-17-14)10-18-16(22)19-11-13-5-4-8-23-13/h2-9H,10-11H2,1H3,(H2,18,19,22). The van der Waals surface area contributed by atoms with E-state index in [0.29, 0.717) is 13.1 Å². The minimum absolute atomic E-state index is 0.195. The molecule has 0 unspecified atom stereocenters. The first-order valence-electron chi connectivity index (χ1n) is 7.21. The second-order valence-electron chi connectivity index (χ2n) is 4.98. The molecule has 0 spiro atoms. The van der Waals surface area contributed by atoms with Crippen molar-refractivity contribution in [1.82, 2.24) is 25.4 Å². The Hall–Kier alpha value is -2.67. The van der Waals surface area contributed by atoms with Crippen molar-refractivity contribution in [1.29, 1.82) is 0 Å². The molecule has 2 amide bonds. The first kappa shape index (κ1) is 15.2. The van der Waals surface area contributed by atoms with E-state index >= 15 is 0 Å². The van der Waals surface area contributed by atoms with Crippen molar-refractivity contribution in [3.8, 4) is 11.4 Å². The topological polar surface area (TPSA) is 71.8 Å². The molecule has 0 aliphatic rings. The molecule has 6 nitrogen and oxygen atoms in total. The molecule has 0 saturated heterocycles. The average Bonchev–Trinajstić information content (AvgIpc) is 3.21. The van der Waals surface area contributed by atoms with Crippen molar-refractivity contribution >= 4 is 17.4 Å². The van der Waals surface area contributed by atoms with Gasteiger partial charge in [-0.1, -0.05) is 12.1 Å². The molecule has 0 bridgehead atoms. The molecular weight excluding hydrogens is 310 g/mol. The minimum Gasteiger partial charge on any atom is -0.333 e. The molecule has 3 rings (SSSR count). The number of hydrogen-bond donors (Lipinski definition) is 2. The normalized spacial score (nSPS) is 10.5. The van der Waals surface area contributed by atoms with E-state index in [1.165, 1.54) is 0 Å². The maximum atomic E-state index is 11.8. The molecule has 3 heterocycles. The number of rotatable bonds is 5. The molecular formula is C16H17N5OS. The van der Waals surface area contributed by atoms with Crippen LogP contribution in [0.25, 0.3) is 11.4 Å². The predicted octanol–water partition coefficient (Wildman–Crippen LogP) is 2.54. The lowest BCUT2D eigenvalue weighted by molar-refractivity contribution is 0.240. The highest BCUT2D eigenvalue weighted by atomic mass is 32.1. The molecule has 3 aromatic heterocycles. The van der Waals surface area contributed by atoms with Crippen molar-refractivity contribution in [2.45, 2.75) is 13.1 Å². The van der Waals surface area contributed by atoms with Crippen LogP contribution in [-0.4, -0.2) is 20.8 Å². The molecule has 0 aliphatic heterocycles. The third kappa shape index (κ3) is 3.95. The van der Waals surface area contributed by atoms with E-state index in [9.17, 15) is 4.79 Å². The highest BCUT2D eigenvalue weighted by molar-refractivity contribution is 7.09. The summed E-state index contributed by atoms with van der Waals surface area (Å²) in [4.78, 5) is 17.2. The minimum atomic E-state index is -0.195. The third-order valence-electron chi connectivity index (χ3n) is 3.34. The van der Waals surface area contributed by atoms with Gasteiger partial charge in [0.2, 0.25) is 0 Å². The van der Waals surface area contributed by atoms with Crippen molar-refractivity contribution in [2.75, 3.05) is 0 Å². The fraction of sp³-hybridized carbons (Fsp3) is 0.188. The highest BCUT2D eigenvalue weighted by Gasteiger charge is 2.09. The van der Waals surface area contributed by atoms with Crippen molar-refractivity contribution in [2.24, 2.45) is 7.05 Å². The van der Waals surface area contributed by atoms with Crippen LogP contribution in [0.1, 0.15) is 10.6 Å². The summed E-state index contributed by atoms with van der Waals surface area (Å²) in [6.45, 7) is 0.945. The number of nitrogens with one attached hydrogen (secondary N) is 2. The average molecular weight is 327 g/mol. The van der Waals surface area contributed by atoms with Gasteiger partial charge in [-0.3, -0.25) is 9.67 Å². The lowest BCUT2D eigenvalue weighted by Crippen LogP contribution is -2.34. The zero-order chi connectivity index (χ0) is 16.1. The number of amides is 2. The van der Waals surface area contributed by atoms with Gasteiger partial charge in [0, 0.05) is 18.1 Å². The summed E-state index contributed by atoms with van der Waals surface area (Å²) >= 11 is 1.62. The Morgan fingerprint density at radius 1 is 1.17 bits per heavy atom. The zero-order valence-electron chi connectivity index (χ0n) is 12.7. The van der Waals surface area contributed by atoms with Gasteiger partial charge in [0.05, 0.1) is 24.5 Å². The first-order valence-corrected chi connectivity index (χ1v) is 8.09. The monoisotopic (exact) mass is 327 g/mol. The van der Waals surface area contributed by atoms with E-state index in [1.54, 1.807) is 22.2 Å². The van der Waals surface area contributed by atoms with Crippen LogP contribution in [0.4, 0.5) is 4.79 Å². The van der Waals surface area contributed by atoms with Crippen LogP contribution < -0.4 is 10.6 Å². The molecule has 3 aromatic rings. The van der Waals surface area contributed by atoms with Gasteiger partial charge in [0.1, 0.15) is 5.69 Å². The van der Waals surface area contributed by atoms with Crippen LogP contribution in [-0.2, 0) is 20.1 Å². The molecule has 0 saturated carbocycles. The smallest absolute Gasteiger partial charge is 0.315 e. The summed E-state index contributed by atoms with van der Waals surface area (Å²) in [5.41, 5.74) is 2.53. The molecule has 0 fully saturated rings. The summed E-state index contributed by atoms with van der Waals surface area (Å²) < 4.78 is 1.75. The Bertz CT molecular complexity index is 767. The van der Waals surface area contributed by atoms with Crippen LogP contribution in [0.2, 0.25) is 0 Å². The highest BCUT2D eigenvalue weighted by Crippen LogP contribution is 2.15. The Labute approximate surface area is 138 Å². The molecule has 23 heavy (non-hydrogen) atoms. The van der Waals surface area contributed by atoms with Gasteiger partial charge < -0.3 is 10.6 Å². The number of urea groups is 1. The number of pyridine rings is 1. The van der Waals surface area contributed by atoms with Gasteiger partial charge in [0.25, 0.3) is 0 Å². The Morgan fingerprint density at radius 3 is 2.78 bits per heavy atom. The van der Waals surface area contributed by atoms with E-state index in [4.69, 9.17) is 0 Å².